The van der Waals surface area contributed by atoms with Gasteiger partial charge in [0.05, 0.1) is 22.9 Å². The van der Waals surface area contributed by atoms with Crippen LogP contribution in [0.3, 0.4) is 0 Å². The van der Waals surface area contributed by atoms with Crippen molar-refractivity contribution in [3.05, 3.63) is 52.1 Å². The van der Waals surface area contributed by atoms with Crippen LogP contribution in [-0.4, -0.2) is 48.1 Å². The number of aromatic nitrogens is 6. The van der Waals surface area contributed by atoms with Crippen LogP contribution in [0.25, 0.3) is 10.3 Å². The molecule has 4 N–H and O–H groups in total. The molecule has 162 valence electrons. The zero-order valence-electron chi connectivity index (χ0n) is 17.2. The second-order valence-corrected chi connectivity index (χ2v) is 8.13. The summed E-state index contributed by atoms with van der Waals surface area (Å²) in [5.74, 6) is 0.925. The zero-order chi connectivity index (χ0) is 21.8. The Morgan fingerprint density at radius 3 is 2.74 bits per heavy atom. The Hall–Kier alpha value is -3.18. The van der Waals surface area contributed by atoms with Gasteiger partial charge >= 0.3 is 6.01 Å². The van der Waals surface area contributed by atoms with E-state index in [0.717, 1.165) is 41.7 Å². The van der Waals surface area contributed by atoms with E-state index in [1.165, 1.54) is 29.7 Å². The summed E-state index contributed by atoms with van der Waals surface area (Å²) in [6.07, 6.45) is 3.06. The maximum atomic E-state index is 13.8. The maximum Gasteiger partial charge on any atom is 0.317 e. The van der Waals surface area contributed by atoms with Gasteiger partial charge in [-0.1, -0.05) is 11.3 Å². The maximum absolute atomic E-state index is 13.8. The highest BCUT2D eigenvalue weighted by atomic mass is 32.1. The minimum atomic E-state index is -0.408. The molecule has 0 atom stereocenters. The smallest absolute Gasteiger partial charge is 0.317 e. The summed E-state index contributed by atoms with van der Waals surface area (Å²) >= 11 is 1.40. The summed E-state index contributed by atoms with van der Waals surface area (Å²) in [5.41, 5.74) is 2.94. The van der Waals surface area contributed by atoms with Gasteiger partial charge in [-0.15, -0.1) is 0 Å². The molecule has 4 aromatic heterocycles. The molecular weight excluding hydrogens is 419 g/mol. The lowest BCUT2D eigenvalue weighted by Gasteiger charge is -2.06. The van der Waals surface area contributed by atoms with Crippen molar-refractivity contribution >= 4 is 27.5 Å². The molecule has 31 heavy (non-hydrogen) atoms. The molecule has 0 aliphatic rings. The van der Waals surface area contributed by atoms with Crippen molar-refractivity contribution in [2.45, 2.75) is 33.2 Å². The normalized spacial score (nSPS) is 11.3. The predicted molar refractivity (Wildman–Crippen MR) is 117 cm³/mol. The zero-order valence-corrected chi connectivity index (χ0v) is 18.1. The highest BCUT2D eigenvalue weighted by Gasteiger charge is 2.14. The Morgan fingerprint density at radius 1 is 1.13 bits per heavy atom. The number of nitrogens with zero attached hydrogens (tertiary/aromatic N) is 5. The van der Waals surface area contributed by atoms with E-state index in [4.69, 9.17) is 0 Å². The number of fused-ring (bicyclic) bond motifs is 1. The summed E-state index contributed by atoms with van der Waals surface area (Å²) in [5, 5.41) is 17.1. The van der Waals surface area contributed by atoms with Crippen LogP contribution in [0.4, 0.5) is 10.2 Å². The SMILES string of the molecule is Cc1nc(CCNCCc2nc3c(NCc4ncccc4F)nc(O)nc3s2)[nH]c1C. The molecule has 0 fully saturated rings. The molecule has 0 spiro atoms. The molecule has 9 nitrogen and oxygen atoms in total. The lowest BCUT2D eigenvalue weighted by molar-refractivity contribution is 0.434. The minimum absolute atomic E-state index is 0.123. The number of pyridine rings is 1. The minimum Gasteiger partial charge on any atom is -0.479 e. The molecule has 0 amide bonds. The number of hydrogen-bond acceptors (Lipinski definition) is 9. The van der Waals surface area contributed by atoms with Gasteiger partial charge in [-0.3, -0.25) is 4.98 Å². The van der Waals surface area contributed by atoms with Crippen molar-refractivity contribution < 1.29 is 9.50 Å². The molecule has 0 aliphatic carbocycles. The fourth-order valence-electron chi connectivity index (χ4n) is 3.07. The summed E-state index contributed by atoms with van der Waals surface area (Å²) in [7, 11) is 0. The third kappa shape index (κ3) is 5.12. The average molecular weight is 443 g/mol. The molecule has 0 unspecified atom stereocenters. The lowest BCUT2D eigenvalue weighted by Crippen LogP contribution is -2.20. The van der Waals surface area contributed by atoms with Crippen molar-refractivity contribution in [2.75, 3.05) is 18.4 Å². The molecular formula is C20H23FN8OS. The third-order valence-electron chi connectivity index (χ3n) is 4.78. The molecule has 4 rings (SSSR count). The van der Waals surface area contributed by atoms with Crippen LogP contribution >= 0.6 is 11.3 Å². The topological polar surface area (TPSA) is 125 Å². The van der Waals surface area contributed by atoms with Gasteiger partial charge in [-0.25, -0.2) is 14.4 Å². The Balaban J connectivity index is 1.36. The fraction of sp³-hybridized carbons (Fsp3) is 0.350. The summed E-state index contributed by atoms with van der Waals surface area (Å²) in [4.78, 5) is 25.0. The van der Waals surface area contributed by atoms with Crippen LogP contribution in [0.2, 0.25) is 0 Å². The number of rotatable bonds is 9. The largest absolute Gasteiger partial charge is 0.479 e. The first-order valence-electron chi connectivity index (χ1n) is 9.92. The van der Waals surface area contributed by atoms with Crippen LogP contribution in [0, 0.1) is 19.7 Å². The molecule has 0 bridgehead atoms. The van der Waals surface area contributed by atoms with Crippen molar-refractivity contribution in [2.24, 2.45) is 0 Å². The van der Waals surface area contributed by atoms with Gasteiger partial charge in [0.15, 0.2) is 10.6 Å². The van der Waals surface area contributed by atoms with Gasteiger partial charge in [0, 0.05) is 37.8 Å². The van der Waals surface area contributed by atoms with Crippen LogP contribution in [0.5, 0.6) is 6.01 Å². The summed E-state index contributed by atoms with van der Waals surface area (Å²) in [6.45, 7) is 5.69. The number of hydrogen-bond donors (Lipinski definition) is 4. The molecule has 0 saturated carbocycles. The molecule has 11 heteroatoms. The standard InChI is InChI=1S/C20H23FN8OS/c1-11-12(2)26-15(25-11)5-8-22-9-6-16-27-17-18(28-20(30)29-19(17)31-16)24-10-14-13(21)4-3-7-23-14/h3-4,7,22H,5-6,8-10H2,1-2H3,(H,25,26)(H2,24,28,29,30). The third-order valence-corrected chi connectivity index (χ3v) is 5.79. The van der Waals surface area contributed by atoms with Crippen LogP contribution in [0.15, 0.2) is 18.3 Å². The Kier molecular flexibility index (Phi) is 6.33. The number of nitrogens with one attached hydrogen (secondary N) is 3. The number of imidazole rings is 1. The van der Waals surface area contributed by atoms with Crippen molar-refractivity contribution in [3.63, 3.8) is 0 Å². The monoisotopic (exact) mass is 442 g/mol. The van der Waals surface area contributed by atoms with Crippen LogP contribution < -0.4 is 10.6 Å². The van der Waals surface area contributed by atoms with Crippen LogP contribution in [-0.2, 0) is 19.4 Å². The molecule has 0 saturated heterocycles. The number of H-pyrrole nitrogens is 1. The van der Waals surface area contributed by atoms with E-state index in [9.17, 15) is 9.50 Å². The molecule has 0 radical (unpaired) electrons. The number of aromatic hydroxyl groups is 1. The van der Waals surface area contributed by atoms with E-state index in [0.29, 0.717) is 22.6 Å². The van der Waals surface area contributed by atoms with Gasteiger partial charge in [0.25, 0.3) is 0 Å². The van der Waals surface area contributed by atoms with E-state index in [1.54, 1.807) is 0 Å². The average Bonchev–Trinajstić information content (AvgIpc) is 3.29. The number of anilines is 1. The number of aromatic amines is 1. The second kappa shape index (κ2) is 9.31. The highest BCUT2D eigenvalue weighted by Crippen LogP contribution is 2.27. The van der Waals surface area contributed by atoms with E-state index < -0.39 is 5.82 Å². The van der Waals surface area contributed by atoms with E-state index >= 15 is 0 Å². The summed E-state index contributed by atoms with van der Waals surface area (Å²) in [6, 6.07) is 2.53. The molecule has 0 aromatic carbocycles. The van der Waals surface area contributed by atoms with Gasteiger partial charge in [0.2, 0.25) is 0 Å². The van der Waals surface area contributed by atoms with E-state index in [1.807, 2.05) is 13.8 Å². The first-order valence-corrected chi connectivity index (χ1v) is 10.7. The van der Waals surface area contributed by atoms with Crippen molar-refractivity contribution in [1.29, 1.82) is 0 Å². The second-order valence-electron chi connectivity index (χ2n) is 7.06. The lowest BCUT2D eigenvalue weighted by atomic mass is 10.3. The first kappa shape index (κ1) is 21.1. The van der Waals surface area contributed by atoms with Gasteiger partial charge in [-0.05, 0) is 26.0 Å². The Morgan fingerprint density at radius 2 is 1.97 bits per heavy atom. The van der Waals surface area contributed by atoms with E-state index in [-0.39, 0.29) is 18.2 Å². The fourth-order valence-corrected chi connectivity index (χ4v) is 4.00. The number of aryl methyl sites for hydroxylation is 2. The van der Waals surface area contributed by atoms with Gasteiger partial charge in [0.1, 0.15) is 17.2 Å². The van der Waals surface area contributed by atoms with Gasteiger partial charge < -0.3 is 20.7 Å². The van der Waals surface area contributed by atoms with Crippen LogP contribution in [0.1, 0.15) is 27.9 Å². The number of halogens is 1. The van der Waals surface area contributed by atoms with Crippen molar-refractivity contribution in [1.82, 2.24) is 35.2 Å². The highest BCUT2D eigenvalue weighted by molar-refractivity contribution is 7.18. The quantitative estimate of drug-likeness (QED) is 0.292. The Bertz CT molecular complexity index is 1170. The summed E-state index contributed by atoms with van der Waals surface area (Å²) < 4.78 is 13.8. The van der Waals surface area contributed by atoms with Crippen molar-refractivity contribution in [3.8, 4) is 6.01 Å². The molecule has 4 aromatic rings. The first-order chi connectivity index (χ1) is 15.0. The number of thiazole rings is 1. The van der Waals surface area contributed by atoms with E-state index in [2.05, 4.69) is 40.5 Å². The van der Waals surface area contributed by atoms with Gasteiger partial charge in [-0.2, -0.15) is 9.97 Å². The molecule has 4 heterocycles. The Labute approximate surface area is 182 Å². The molecule has 0 aliphatic heterocycles. The predicted octanol–water partition coefficient (Wildman–Crippen LogP) is 2.65.